The van der Waals surface area contributed by atoms with Crippen molar-refractivity contribution in [2.45, 2.75) is 0 Å². The lowest BCUT2D eigenvalue weighted by Crippen LogP contribution is -2.30. The molecule has 0 aliphatic heterocycles. The lowest BCUT2D eigenvalue weighted by Gasteiger charge is -2.10. The summed E-state index contributed by atoms with van der Waals surface area (Å²) in [6, 6.07) is 6.83. The van der Waals surface area contributed by atoms with Crippen molar-refractivity contribution >= 4 is 27.5 Å². The quantitative estimate of drug-likeness (QED) is 0.871. The van der Waals surface area contributed by atoms with Gasteiger partial charge in [-0.25, -0.2) is 21.9 Å². The molecule has 0 atom stereocenters. The smallest absolute Gasteiger partial charge is 0.267 e. The third-order valence-electron chi connectivity index (χ3n) is 2.83. The number of carbonyl (C=O) groups is 1. The zero-order valence-electron chi connectivity index (χ0n) is 12.5. The standard InChI is InChI=1S/C15H9ClF2N2O4S/c1-25(22,23)20-15(21)10-5-13(18)14(6-12(10)17)24-9-3-2-8(7-19)11(16)4-9/h2-6H,1H3,(H,20,21). The largest absolute Gasteiger partial charge is 0.454 e. The fraction of sp³-hybridized carbons (Fsp3) is 0.0667. The molecule has 2 aromatic rings. The third kappa shape index (κ3) is 4.65. The van der Waals surface area contributed by atoms with E-state index in [0.717, 1.165) is 0 Å². The molecule has 25 heavy (non-hydrogen) atoms. The van der Waals surface area contributed by atoms with Crippen LogP contribution in [0.15, 0.2) is 30.3 Å². The monoisotopic (exact) mass is 386 g/mol. The summed E-state index contributed by atoms with van der Waals surface area (Å²) >= 11 is 5.81. The molecule has 0 saturated carbocycles. The number of nitrogens with zero attached hydrogens (tertiary/aromatic N) is 1. The highest BCUT2D eigenvalue weighted by Gasteiger charge is 2.20. The van der Waals surface area contributed by atoms with Crippen LogP contribution in [-0.2, 0) is 10.0 Å². The van der Waals surface area contributed by atoms with Crippen LogP contribution in [0.3, 0.4) is 0 Å². The first kappa shape index (κ1) is 18.6. The molecular weight excluding hydrogens is 378 g/mol. The number of nitrogens with one attached hydrogen (secondary N) is 1. The minimum atomic E-state index is -3.93. The number of amides is 1. The Bertz CT molecular complexity index is 1000. The second kappa shape index (κ2) is 7.04. The summed E-state index contributed by atoms with van der Waals surface area (Å²) in [5, 5.41) is 8.84. The Hall–Kier alpha value is -2.70. The van der Waals surface area contributed by atoms with Crippen molar-refractivity contribution in [1.29, 1.82) is 5.26 Å². The summed E-state index contributed by atoms with van der Waals surface area (Å²) in [7, 11) is -3.93. The number of halogens is 3. The summed E-state index contributed by atoms with van der Waals surface area (Å²) in [6.45, 7) is 0. The second-order valence-corrected chi connectivity index (χ2v) is 6.98. The highest BCUT2D eigenvalue weighted by atomic mass is 35.5. The summed E-state index contributed by atoms with van der Waals surface area (Å²) in [6.07, 6.45) is 0.700. The maximum Gasteiger partial charge on any atom is 0.267 e. The third-order valence-corrected chi connectivity index (χ3v) is 3.70. The van der Waals surface area contributed by atoms with Gasteiger partial charge in [0.1, 0.15) is 17.6 Å². The maximum atomic E-state index is 14.0. The van der Waals surface area contributed by atoms with Crippen molar-refractivity contribution in [3.05, 3.63) is 58.1 Å². The van der Waals surface area contributed by atoms with Crippen molar-refractivity contribution in [3.8, 4) is 17.6 Å². The topological polar surface area (TPSA) is 96.3 Å². The zero-order valence-corrected chi connectivity index (χ0v) is 14.1. The Balaban J connectivity index is 2.33. The summed E-state index contributed by atoms with van der Waals surface area (Å²) in [5.41, 5.74) is -0.624. The Morgan fingerprint density at radius 3 is 2.48 bits per heavy atom. The van der Waals surface area contributed by atoms with Gasteiger partial charge < -0.3 is 4.74 Å². The van der Waals surface area contributed by atoms with E-state index in [1.54, 1.807) is 0 Å². The first-order chi connectivity index (χ1) is 11.6. The number of ether oxygens (including phenoxy) is 1. The van der Waals surface area contributed by atoms with Gasteiger partial charge in [-0.05, 0) is 18.2 Å². The molecule has 0 aliphatic rings. The lowest BCUT2D eigenvalue weighted by molar-refractivity contribution is 0.0977. The predicted octanol–water partition coefficient (Wildman–Crippen LogP) is 2.97. The average Bonchev–Trinajstić information content (AvgIpc) is 2.49. The van der Waals surface area contributed by atoms with Crippen molar-refractivity contribution in [2.24, 2.45) is 0 Å². The second-order valence-electron chi connectivity index (χ2n) is 4.82. The normalized spacial score (nSPS) is 10.8. The molecule has 0 aliphatic carbocycles. The molecule has 0 fully saturated rings. The van der Waals surface area contributed by atoms with Gasteiger partial charge in [0.05, 0.1) is 22.4 Å². The molecule has 1 N–H and O–H groups in total. The van der Waals surface area contributed by atoms with Gasteiger partial charge in [-0.15, -0.1) is 0 Å². The molecule has 6 nitrogen and oxygen atoms in total. The number of carbonyl (C=O) groups excluding carboxylic acids is 1. The van der Waals surface area contributed by atoms with Crippen molar-refractivity contribution in [3.63, 3.8) is 0 Å². The van der Waals surface area contributed by atoms with E-state index in [0.29, 0.717) is 18.4 Å². The SMILES string of the molecule is CS(=O)(=O)NC(=O)c1cc(F)c(Oc2ccc(C#N)c(Cl)c2)cc1F. The molecule has 0 saturated heterocycles. The number of hydrogen-bond donors (Lipinski definition) is 1. The number of rotatable bonds is 4. The van der Waals surface area contributed by atoms with Crippen LogP contribution in [-0.4, -0.2) is 20.6 Å². The van der Waals surface area contributed by atoms with Gasteiger partial charge in [0.25, 0.3) is 5.91 Å². The molecule has 0 heterocycles. The van der Waals surface area contributed by atoms with Crippen molar-refractivity contribution in [2.75, 3.05) is 6.26 Å². The van der Waals surface area contributed by atoms with Crippen molar-refractivity contribution in [1.82, 2.24) is 4.72 Å². The molecular formula is C15H9ClF2N2O4S. The van der Waals surface area contributed by atoms with E-state index in [2.05, 4.69) is 0 Å². The minimum Gasteiger partial charge on any atom is -0.454 e. The number of nitriles is 1. The first-order valence-corrected chi connectivity index (χ1v) is 8.76. The van der Waals surface area contributed by atoms with Crippen LogP contribution < -0.4 is 9.46 Å². The highest BCUT2D eigenvalue weighted by molar-refractivity contribution is 7.89. The van der Waals surface area contributed by atoms with E-state index in [-0.39, 0.29) is 16.3 Å². The number of sulfonamides is 1. The minimum absolute atomic E-state index is 0.0376. The summed E-state index contributed by atoms with van der Waals surface area (Å²) < 4.78 is 56.7. The fourth-order valence-electron chi connectivity index (χ4n) is 1.78. The molecule has 1 amide bonds. The van der Waals surface area contributed by atoms with E-state index in [1.165, 1.54) is 22.9 Å². The fourth-order valence-corrected chi connectivity index (χ4v) is 2.44. The average molecular weight is 387 g/mol. The molecule has 2 aromatic carbocycles. The highest BCUT2D eigenvalue weighted by Crippen LogP contribution is 2.29. The number of hydrogen-bond acceptors (Lipinski definition) is 5. The van der Waals surface area contributed by atoms with E-state index in [4.69, 9.17) is 21.6 Å². The van der Waals surface area contributed by atoms with Crippen LogP contribution in [0.5, 0.6) is 11.5 Å². The molecule has 2 rings (SSSR count). The molecule has 0 bridgehead atoms. The summed E-state index contributed by atoms with van der Waals surface area (Å²) in [5.74, 6) is -4.10. The van der Waals surface area contributed by atoms with Gasteiger partial charge in [-0.2, -0.15) is 5.26 Å². The molecule has 0 radical (unpaired) electrons. The van der Waals surface area contributed by atoms with E-state index >= 15 is 0 Å². The molecule has 0 aromatic heterocycles. The van der Waals surface area contributed by atoms with E-state index in [9.17, 15) is 22.0 Å². The summed E-state index contributed by atoms with van der Waals surface area (Å²) in [4.78, 5) is 11.6. The first-order valence-electron chi connectivity index (χ1n) is 6.49. The van der Waals surface area contributed by atoms with Crippen LogP contribution in [0, 0.1) is 23.0 Å². The van der Waals surface area contributed by atoms with Crippen LogP contribution in [0.25, 0.3) is 0 Å². The van der Waals surface area contributed by atoms with Gasteiger partial charge in [-0.3, -0.25) is 4.79 Å². The molecule has 0 unspecified atom stereocenters. The zero-order chi connectivity index (χ0) is 18.8. The van der Waals surface area contributed by atoms with Crippen LogP contribution in [0.4, 0.5) is 8.78 Å². The van der Waals surface area contributed by atoms with E-state index < -0.39 is 38.9 Å². The Labute approximate surface area is 146 Å². The van der Waals surface area contributed by atoms with Gasteiger partial charge in [0.15, 0.2) is 11.6 Å². The van der Waals surface area contributed by atoms with Gasteiger partial charge >= 0.3 is 0 Å². The maximum absolute atomic E-state index is 14.0. The Morgan fingerprint density at radius 1 is 1.24 bits per heavy atom. The van der Waals surface area contributed by atoms with Gasteiger partial charge in [0, 0.05) is 12.1 Å². The molecule has 10 heteroatoms. The van der Waals surface area contributed by atoms with Crippen molar-refractivity contribution < 1.29 is 26.7 Å². The van der Waals surface area contributed by atoms with Gasteiger partial charge in [-0.1, -0.05) is 11.6 Å². The number of benzene rings is 2. The lowest BCUT2D eigenvalue weighted by atomic mass is 10.2. The van der Waals surface area contributed by atoms with Gasteiger partial charge in [0.2, 0.25) is 10.0 Å². The Kier molecular flexibility index (Phi) is 5.25. The van der Waals surface area contributed by atoms with Crippen LogP contribution in [0.1, 0.15) is 15.9 Å². The Morgan fingerprint density at radius 2 is 1.92 bits per heavy atom. The predicted molar refractivity (Wildman–Crippen MR) is 84.9 cm³/mol. The van der Waals surface area contributed by atoms with Crippen LogP contribution in [0.2, 0.25) is 5.02 Å². The van der Waals surface area contributed by atoms with E-state index in [1.807, 2.05) is 6.07 Å². The molecule has 0 spiro atoms. The van der Waals surface area contributed by atoms with Crippen LogP contribution >= 0.6 is 11.6 Å². The molecule has 130 valence electrons.